The Morgan fingerprint density at radius 1 is 1.43 bits per heavy atom. The molecule has 7 heavy (non-hydrogen) atoms. The van der Waals surface area contributed by atoms with Crippen molar-refractivity contribution in [3.63, 3.8) is 0 Å². The number of nitrogens with two attached hydrogens (primary N) is 1. The molecule has 0 radical (unpaired) electrons. The molecule has 0 aliphatic rings. The second-order valence-corrected chi connectivity index (χ2v) is 7.93. The lowest BCUT2D eigenvalue weighted by Crippen LogP contribution is -2.32. The van der Waals surface area contributed by atoms with E-state index in [0.29, 0.717) is 0 Å². The Morgan fingerprint density at radius 2 is 1.57 bits per heavy atom. The molecule has 0 aliphatic carbocycles. The Labute approximate surface area is 66.8 Å². The lowest BCUT2D eigenvalue weighted by Gasteiger charge is -2.13. The van der Waals surface area contributed by atoms with Crippen molar-refractivity contribution in [1.82, 2.24) is 0 Å². The molecule has 0 saturated heterocycles. The molecule has 0 spiro atoms. The largest absolute Gasteiger partial charge is 0.375 e. The third kappa shape index (κ3) is 3.90. The van der Waals surface area contributed by atoms with Gasteiger partial charge in [-0.25, -0.2) is 0 Å². The molecule has 3 N–H and O–H groups in total. The van der Waals surface area contributed by atoms with E-state index in [1.54, 1.807) is 0 Å². The monoisotopic (exact) mass is 295 g/mol. The minimum absolute atomic E-state index is 0.729. The standard InChI is InChI=1S/C2H4Br3NO/c3-2(4,5)1(6)7/h1,7H,6H2. The van der Waals surface area contributed by atoms with Gasteiger partial charge in [-0.2, -0.15) is 0 Å². The molecule has 5 heteroatoms. The minimum atomic E-state index is -0.951. The zero-order valence-electron chi connectivity index (χ0n) is 3.24. The molecule has 44 valence electrons. The molecule has 0 aromatic rings. The summed E-state index contributed by atoms with van der Waals surface area (Å²) in [4.78, 5) is 0. The molecule has 0 heterocycles. The Bertz CT molecular complexity index is 58.4. The van der Waals surface area contributed by atoms with E-state index in [4.69, 9.17) is 10.8 Å². The SMILES string of the molecule is NC(O)C(Br)(Br)Br. The number of aliphatic hydroxyl groups is 1. The number of hydrogen-bond acceptors (Lipinski definition) is 2. The van der Waals surface area contributed by atoms with Crippen LogP contribution >= 0.6 is 47.8 Å². The Hall–Kier alpha value is 1.36. The van der Waals surface area contributed by atoms with Crippen LogP contribution in [0.5, 0.6) is 0 Å². The first-order valence-corrected chi connectivity index (χ1v) is 3.83. The zero-order chi connectivity index (χ0) is 6.08. The average molecular weight is 298 g/mol. The lowest BCUT2D eigenvalue weighted by atomic mass is 10.7. The summed E-state index contributed by atoms with van der Waals surface area (Å²) in [5, 5.41) is 8.53. The van der Waals surface area contributed by atoms with Gasteiger partial charge in [-0.3, -0.25) is 0 Å². The van der Waals surface area contributed by atoms with Crippen LogP contribution in [0.25, 0.3) is 0 Å². The van der Waals surface area contributed by atoms with Crippen LogP contribution in [0.2, 0.25) is 0 Å². The Kier molecular flexibility index (Phi) is 3.31. The van der Waals surface area contributed by atoms with Crippen LogP contribution in [-0.4, -0.2) is 13.5 Å². The van der Waals surface area contributed by atoms with Gasteiger partial charge in [0.1, 0.15) is 6.23 Å². The molecule has 0 aromatic heterocycles. The molecule has 1 atom stereocenters. The number of halogens is 3. The smallest absolute Gasteiger partial charge is 0.173 e. The van der Waals surface area contributed by atoms with E-state index in [1.165, 1.54) is 0 Å². The number of alkyl halides is 3. The van der Waals surface area contributed by atoms with E-state index < -0.39 is 8.37 Å². The fourth-order valence-electron chi connectivity index (χ4n) is 0. The van der Waals surface area contributed by atoms with Crippen LogP contribution in [0, 0.1) is 0 Å². The van der Waals surface area contributed by atoms with Crippen molar-refractivity contribution >= 4 is 47.8 Å². The molecular weight excluding hydrogens is 294 g/mol. The molecule has 0 rings (SSSR count). The fraction of sp³-hybridized carbons (Fsp3) is 1.00. The first-order chi connectivity index (χ1) is 2.94. The molecule has 1 unspecified atom stereocenters. The highest BCUT2D eigenvalue weighted by Gasteiger charge is 2.24. The first kappa shape index (κ1) is 8.36. The first-order valence-electron chi connectivity index (χ1n) is 1.45. The minimum Gasteiger partial charge on any atom is -0.375 e. The summed E-state index contributed by atoms with van der Waals surface area (Å²) in [6, 6.07) is 0. The third-order valence-electron chi connectivity index (χ3n) is 0.335. The van der Waals surface area contributed by atoms with Crippen molar-refractivity contribution in [2.45, 2.75) is 8.37 Å². The summed E-state index contributed by atoms with van der Waals surface area (Å²) < 4.78 is -0.729. The Morgan fingerprint density at radius 3 is 1.57 bits per heavy atom. The van der Waals surface area contributed by atoms with E-state index in [9.17, 15) is 0 Å². The highest BCUT2D eigenvalue weighted by molar-refractivity contribution is 9.39. The molecule has 0 aliphatic heterocycles. The van der Waals surface area contributed by atoms with Crippen LogP contribution in [-0.2, 0) is 0 Å². The maximum atomic E-state index is 8.53. The van der Waals surface area contributed by atoms with E-state index in [0.717, 1.165) is 0 Å². The summed E-state index contributed by atoms with van der Waals surface area (Å²) in [6.45, 7) is 0. The lowest BCUT2D eigenvalue weighted by molar-refractivity contribution is 0.197. The maximum absolute atomic E-state index is 8.53. The van der Waals surface area contributed by atoms with Crippen molar-refractivity contribution in [3.05, 3.63) is 0 Å². The van der Waals surface area contributed by atoms with Crippen LogP contribution < -0.4 is 5.73 Å². The number of aliphatic hydroxyl groups excluding tert-OH is 1. The van der Waals surface area contributed by atoms with Crippen LogP contribution in [0.15, 0.2) is 0 Å². The van der Waals surface area contributed by atoms with Gasteiger partial charge in [-0.05, 0) is 0 Å². The summed E-state index contributed by atoms with van der Waals surface area (Å²) in [5.74, 6) is 0. The summed E-state index contributed by atoms with van der Waals surface area (Å²) >= 11 is 9.00. The number of rotatable bonds is 0. The maximum Gasteiger partial charge on any atom is 0.173 e. The normalized spacial score (nSPS) is 16.7. The van der Waals surface area contributed by atoms with Gasteiger partial charge in [-0.15, -0.1) is 0 Å². The fourth-order valence-corrected chi connectivity index (χ4v) is 0. The average Bonchev–Trinajstić information content (AvgIpc) is 1.31. The Balaban J connectivity index is 3.54. The van der Waals surface area contributed by atoms with Crippen molar-refractivity contribution in [2.75, 3.05) is 0 Å². The van der Waals surface area contributed by atoms with Crippen molar-refractivity contribution < 1.29 is 5.11 Å². The van der Waals surface area contributed by atoms with Gasteiger partial charge < -0.3 is 10.8 Å². The predicted molar refractivity (Wildman–Crippen MR) is 39.7 cm³/mol. The van der Waals surface area contributed by atoms with Crippen LogP contribution in [0.1, 0.15) is 0 Å². The molecule has 0 amide bonds. The van der Waals surface area contributed by atoms with Gasteiger partial charge >= 0.3 is 0 Å². The van der Waals surface area contributed by atoms with Crippen molar-refractivity contribution in [3.8, 4) is 0 Å². The van der Waals surface area contributed by atoms with Gasteiger partial charge in [0.25, 0.3) is 0 Å². The number of hydrogen-bond donors (Lipinski definition) is 2. The molecule has 0 saturated carbocycles. The molecule has 0 aromatic carbocycles. The van der Waals surface area contributed by atoms with E-state index in [1.807, 2.05) is 0 Å². The van der Waals surface area contributed by atoms with Gasteiger partial charge in [0.2, 0.25) is 0 Å². The predicted octanol–water partition coefficient (Wildman–Crippen LogP) is 1.10. The summed E-state index contributed by atoms with van der Waals surface area (Å²) in [5.41, 5.74) is 4.98. The summed E-state index contributed by atoms with van der Waals surface area (Å²) in [6.07, 6.45) is -0.951. The topological polar surface area (TPSA) is 46.2 Å². The zero-order valence-corrected chi connectivity index (χ0v) is 7.99. The van der Waals surface area contributed by atoms with Gasteiger partial charge in [0.15, 0.2) is 2.14 Å². The molecule has 2 nitrogen and oxygen atoms in total. The van der Waals surface area contributed by atoms with E-state index >= 15 is 0 Å². The quantitative estimate of drug-likeness (QED) is 0.520. The van der Waals surface area contributed by atoms with Crippen molar-refractivity contribution in [2.24, 2.45) is 5.73 Å². The van der Waals surface area contributed by atoms with Gasteiger partial charge in [0, 0.05) is 0 Å². The summed E-state index contributed by atoms with van der Waals surface area (Å²) in [7, 11) is 0. The van der Waals surface area contributed by atoms with Gasteiger partial charge in [-0.1, -0.05) is 47.8 Å². The molecule has 0 bridgehead atoms. The molecule has 0 fully saturated rings. The van der Waals surface area contributed by atoms with E-state index in [2.05, 4.69) is 47.8 Å². The van der Waals surface area contributed by atoms with Gasteiger partial charge in [0.05, 0.1) is 0 Å². The highest BCUT2D eigenvalue weighted by Crippen LogP contribution is 2.34. The molecular formula is C2H4Br3NO. The second-order valence-electron chi connectivity index (χ2n) is 0.986. The highest BCUT2D eigenvalue weighted by atomic mass is 80.0. The van der Waals surface area contributed by atoms with Crippen LogP contribution in [0.4, 0.5) is 0 Å². The van der Waals surface area contributed by atoms with Crippen molar-refractivity contribution in [1.29, 1.82) is 0 Å². The second kappa shape index (κ2) is 2.77. The third-order valence-corrected chi connectivity index (χ3v) is 1.74. The van der Waals surface area contributed by atoms with Crippen LogP contribution in [0.3, 0.4) is 0 Å². The van der Waals surface area contributed by atoms with E-state index in [-0.39, 0.29) is 0 Å².